The highest BCUT2D eigenvalue weighted by Crippen LogP contribution is 2.15. The van der Waals surface area contributed by atoms with E-state index >= 15 is 0 Å². The van der Waals surface area contributed by atoms with Gasteiger partial charge in [-0.2, -0.15) is 18.2 Å². The summed E-state index contributed by atoms with van der Waals surface area (Å²) in [6, 6.07) is 12.5. The van der Waals surface area contributed by atoms with Gasteiger partial charge in [0, 0.05) is 11.0 Å². The summed E-state index contributed by atoms with van der Waals surface area (Å²) >= 11 is 3.34. The Bertz CT molecular complexity index is 1030. The topological polar surface area (TPSA) is 131 Å². The number of carboxylic acid groups (broad SMARTS) is 1. The lowest BCUT2D eigenvalue weighted by atomic mass is 10.2. The zero-order valence-corrected chi connectivity index (χ0v) is 21.0. The number of ether oxygens (including phenoxy) is 2. The molecule has 0 fully saturated rings. The number of nitrogens with zero attached hydrogens (tertiary/aromatic N) is 2. The van der Waals surface area contributed by atoms with Crippen LogP contribution in [0.4, 0.5) is 18.9 Å². The van der Waals surface area contributed by atoms with Crippen molar-refractivity contribution in [1.29, 1.82) is 0 Å². The van der Waals surface area contributed by atoms with E-state index < -0.39 is 30.9 Å². The molecule has 0 amide bonds. The normalized spacial score (nSPS) is 13.1. The van der Waals surface area contributed by atoms with Gasteiger partial charge in [0.25, 0.3) is 6.02 Å². The predicted octanol–water partition coefficient (Wildman–Crippen LogP) is 4.35. The fraction of sp³-hybridized carbons (Fsp3) is 0.348. The Balaban J connectivity index is 2.10. The molecule has 0 spiro atoms. The number of aliphatic imine (C=N–C) groups is 2. The lowest BCUT2D eigenvalue weighted by molar-refractivity contribution is -0.156. The summed E-state index contributed by atoms with van der Waals surface area (Å²) in [5, 5.41) is 15.8. The van der Waals surface area contributed by atoms with Crippen LogP contribution in [0.1, 0.15) is 29.3 Å². The number of guanidine groups is 1. The highest BCUT2D eigenvalue weighted by atomic mass is 79.9. The number of carboxylic acids is 1. The van der Waals surface area contributed by atoms with Crippen molar-refractivity contribution in [1.82, 2.24) is 5.32 Å². The number of anilines is 1. The SMILES string of the molecule is CC(NC(=NCc1ccc(OCCCBr)cc1)N=C(N)OCC(F)(F)F)Nc1ccc(C(=O)O)cc1. The molecule has 0 heterocycles. The summed E-state index contributed by atoms with van der Waals surface area (Å²) in [6.07, 6.45) is -4.21. The monoisotopic (exact) mass is 573 g/mol. The predicted molar refractivity (Wildman–Crippen MR) is 135 cm³/mol. The summed E-state index contributed by atoms with van der Waals surface area (Å²) in [7, 11) is 0. The van der Waals surface area contributed by atoms with Crippen molar-refractivity contribution >= 4 is 39.6 Å². The van der Waals surface area contributed by atoms with E-state index in [0.29, 0.717) is 18.0 Å². The molecular weight excluding hydrogens is 547 g/mol. The molecule has 36 heavy (non-hydrogen) atoms. The van der Waals surface area contributed by atoms with E-state index in [1.54, 1.807) is 31.2 Å². The second-order valence-electron chi connectivity index (χ2n) is 7.42. The standard InChI is InChI=1S/C23H27BrF3N5O4/c1-15(30-18-7-5-17(6-8-18)20(33)34)31-22(32-21(28)36-14-23(25,26)27)29-13-16-3-9-19(10-4-16)35-12-2-11-24/h3-10,15,30H,2,11-14H2,1H3,(H,33,34)(H3,28,29,31,32). The summed E-state index contributed by atoms with van der Waals surface area (Å²) in [5.74, 6) is -0.407. The van der Waals surface area contributed by atoms with E-state index in [1.807, 2.05) is 12.1 Å². The summed E-state index contributed by atoms with van der Waals surface area (Å²) in [6.45, 7) is 0.852. The first-order valence-electron chi connectivity index (χ1n) is 10.8. The lowest BCUT2D eigenvalue weighted by Crippen LogP contribution is -2.39. The quantitative estimate of drug-likeness (QED) is 0.103. The number of amidine groups is 1. The zero-order chi connectivity index (χ0) is 26.6. The van der Waals surface area contributed by atoms with Crippen LogP contribution in [0.5, 0.6) is 5.75 Å². The Morgan fingerprint density at radius 1 is 1.17 bits per heavy atom. The molecule has 2 aromatic rings. The number of alkyl halides is 4. The van der Waals surface area contributed by atoms with Crippen molar-refractivity contribution in [2.75, 3.05) is 23.9 Å². The van der Waals surface area contributed by atoms with Crippen molar-refractivity contribution < 1.29 is 32.5 Å². The molecule has 196 valence electrons. The maximum absolute atomic E-state index is 12.4. The zero-order valence-electron chi connectivity index (χ0n) is 19.4. The molecule has 1 unspecified atom stereocenters. The Kier molecular flexibility index (Phi) is 11.3. The van der Waals surface area contributed by atoms with Crippen LogP contribution in [0.25, 0.3) is 0 Å². The molecule has 0 saturated heterocycles. The molecular formula is C23H27BrF3N5O4. The number of carbonyl (C=O) groups is 1. The van der Waals surface area contributed by atoms with Crippen molar-refractivity contribution in [2.45, 2.75) is 32.2 Å². The summed E-state index contributed by atoms with van der Waals surface area (Å²) in [4.78, 5) is 19.2. The first-order valence-corrected chi connectivity index (χ1v) is 11.9. The molecule has 13 heteroatoms. The van der Waals surface area contributed by atoms with Gasteiger partial charge in [-0.15, -0.1) is 0 Å². The summed E-state index contributed by atoms with van der Waals surface area (Å²) in [5.41, 5.74) is 7.04. The maximum atomic E-state index is 12.4. The van der Waals surface area contributed by atoms with Crippen LogP contribution in [-0.4, -0.2) is 53.9 Å². The van der Waals surface area contributed by atoms with Crippen LogP contribution in [-0.2, 0) is 11.3 Å². The number of hydrogen-bond donors (Lipinski definition) is 4. The van der Waals surface area contributed by atoms with Crippen LogP contribution in [0.2, 0.25) is 0 Å². The number of nitrogens with two attached hydrogens (primary N) is 1. The molecule has 0 bridgehead atoms. The third-order valence-electron chi connectivity index (χ3n) is 4.34. The third kappa shape index (κ3) is 11.3. The van der Waals surface area contributed by atoms with E-state index in [4.69, 9.17) is 15.6 Å². The number of aromatic carboxylic acids is 1. The smallest absolute Gasteiger partial charge is 0.422 e. The van der Waals surface area contributed by atoms with E-state index in [9.17, 15) is 18.0 Å². The van der Waals surface area contributed by atoms with Gasteiger partial charge in [-0.1, -0.05) is 28.1 Å². The average molecular weight is 574 g/mol. The van der Waals surface area contributed by atoms with Crippen molar-refractivity contribution in [3.05, 3.63) is 59.7 Å². The minimum atomic E-state index is -4.57. The highest BCUT2D eigenvalue weighted by Gasteiger charge is 2.28. The largest absolute Gasteiger partial charge is 0.494 e. The Morgan fingerprint density at radius 2 is 1.83 bits per heavy atom. The van der Waals surface area contributed by atoms with Gasteiger partial charge in [0.2, 0.25) is 5.96 Å². The van der Waals surface area contributed by atoms with Crippen LogP contribution in [0.3, 0.4) is 0 Å². The van der Waals surface area contributed by atoms with Gasteiger partial charge in [-0.3, -0.25) is 0 Å². The number of rotatable bonds is 11. The molecule has 0 aliphatic carbocycles. The van der Waals surface area contributed by atoms with Crippen LogP contribution in [0.15, 0.2) is 58.5 Å². The molecule has 0 saturated carbocycles. The van der Waals surface area contributed by atoms with Crippen molar-refractivity contribution in [3.63, 3.8) is 0 Å². The third-order valence-corrected chi connectivity index (χ3v) is 4.90. The molecule has 0 aliphatic heterocycles. The Hall–Kier alpha value is -3.48. The molecule has 2 aromatic carbocycles. The van der Waals surface area contributed by atoms with E-state index in [0.717, 1.165) is 17.3 Å². The van der Waals surface area contributed by atoms with Crippen LogP contribution >= 0.6 is 15.9 Å². The van der Waals surface area contributed by atoms with E-state index in [1.165, 1.54) is 12.1 Å². The lowest BCUT2D eigenvalue weighted by Gasteiger charge is -2.18. The first kappa shape index (κ1) is 28.8. The van der Waals surface area contributed by atoms with Gasteiger partial charge in [0.1, 0.15) is 5.75 Å². The minimum Gasteiger partial charge on any atom is -0.494 e. The molecule has 9 nitrogen and oxygen atoms in total. The van der Waals surface area contributed by atoms with Gasteiger partial charge in [0.15, 0.2) is 6.61 Å². The highest BCUT2D eigenvalue weighted by molar-refractivity contribution is 9.09. The maximum Gasteiger partial charge on any atom is 0.422 e. The average Bonchev–Trinajstić information content (AvgIpc) is 2.82. The van der Waals surface area contributed by atoms with Gasteiger partial charge in [0.05, 0.1) is 24.9 Å². The van der Waals surface area contributed by atoms with Gasteiger partial charge < -0.3 is 30.9 Å². The molecule has 0 aromatic heterocycles. The Labute approximate surface area is 214 Å². The van der Waals surface area contributed by atoms with Crippen molar-refractivity contribution in [3.8, 4) is 5.75 Å². The number of nitrogens with one attached hydrogen (secondary N) is 2. The van der Waals surface area contributed by atoms with Gasteiger partial charge in [-0.25, -0.2) is 9.79 Å². The van der Waals surface area contributed by atoms with Crippen LogP contribution < -0.4 is 21.1 Å². The molecule has 0 radical (unpaired) electrons. The second kappa shape index (κ2) is 14.2. The Morgan fingerprint density at radius 3 is 2.42 bits per heavy atom. The fourth-order valence-electron chi connectivity index (χ4n) is 2.70. The van der Waals surface area contributed by atoms with Gasteiger partial charge in [-0.05, 0) is 55.3 Å². The number of halogens is 4. The number of benzene rings is 2. The van der Waals surface area contributed by atoms with E-state index in [2.05, 4.69) is 41.3 Å². The number of hydrogen-bond acceptors (Lipinski definition) is 5. The molecule has 2 rings (SSSR count). The van der Waals surface area contributed by atoms with Crippen molar-refractivity contribution in [2.24, 2.45) is 15.7 Å². The molecule has 5 N–H and O–H groups in total. The fourth-order valence-corrected chi connectivity index (χ4v) is 2.93. The van der Waals surface area contributed by atoms with Crippen LogP contribution in [0, 0.1) is 0 Å². The molecule has 0 aliphatic rings. The van der Waals surface area contributed by atoms with E-state index in [-0.39, 0.29) is 18.1 Å². The minimum absolute atomic E-state index is 0.0607. The first-order chi connectivity index (χ1) is 17.1. The second-order valence-corrected chi connectivity index (χ2v) is 8.21. The molecule has 1 atom stereocenters. The van der Waals surface area contributed by atoms with Gasteiger partial charge >= 0.3 is 12.1 Å². The summed E-state index contributed by atoms with van der Waals surface area (Å²) < 4.78 is 47.4.